The molecule has 0 bridgehead atoms. The number of nitrogens with zero attached hydrogens (tertiary/aromatic N) is 3. The molecule has 1 fully saturated rings. The number of halogens is 3. The monoisotopic (exact) mass is 516 g/mol. The van der Waals surface area contributed by atoms with E-state index < -0.39 is 24.1 Å². The van der Waals surface area contributed by atoms with Crippen LogP contribution in [0.4, 0.5) is 24.7 Å². The molecule has 4 rings (SSSR count). The summed E-state index contributed by atoms with van der Waals surface area (Å²) in [4.78, 5) is 22.5. The van der Waals surface area contributed by atoms with Gasteiger partial charge >= 0.3 is 6.18 Å². The van der Waals surface area contributed by atoms with Crippen LogP contribution in [0, 0.1) is 6.92 Å². The zero-order chi connectivity index (χ0) is 26.6. The minimum absolute atomic E-state index is 0.100. The Morgan fingerprint density at radius 2 is 1.97 bits per heavy atom. The van der Waals surface area contributed by atoms with Gasteiger partial charge in [-0.1, -0.05) is 6.07 Å². The molecule has 1 aliphatic heterocycles. The second-order valence-electron chi connectivity index (χ2n) is 8.58. The molecule has 2 aromatic heterocycles. The number of amides is 1. The fraction of sp³-hybridized carbons (Fsp3) is 0.346. The smallest absolute Gasteiger partial charge is 0.394 e. The lowest BCUT2D eigenvalue weighted by Gasteiger charge is -2.39. The number of nitrogens with one attached hydrogen (secondary N) is 1. The number of morpholine rings is 1. The van der Waals surface area contributed by atoms with Gasteiger partial charge in [-0.3, -0.25) is 9.78 Å². The number of aliphatic hydroxyl groups is 1. The zero-order valence-electron chi connectivity index (χ0n) is 20.3. The Balaban J connectivity index is 1.56. The van der Waals surface area contributed by atoms with Crippen molar-refractivity contribution in [1.82, 2.24) is 9.97 Å². The zero-order valence-corrected chi connectivity index (χ0v) is 20.3. The molecule has 37 heavy (non-hydrogen) atoms. The van der Waals surface area contributed by atoms with Crippen LogP contribution in [0.2, 0.25) is 0 Å². The number of aromatic nitrogens is 2. The van der Waals surface area contributed by atoms with Gasteiger partial charge in [0, 0.05) is 30.2 Å². The molecule has 3 aromatic rings. The molecule has 1 saturated heterocycles. The molecule has 0 saturated carbocycles. The molecule has 1 aromatic carbocycles. The molecule has 1 aliphatic rings. The maximum atomic E-state index is 13.0. The summed E-state index contributed by atoms with van der Waals surface area (Å²) in [6, 6.07) is 10.9. The Morgan fingerprint density at radius 1 is 1.19 bits per heavy atom. The molecular weight excluding hydrogens is 489 g/mol. The summed E-state index contributed by atoms with van der Waals surface area (Å²) in [5.74, 6) is 0.0467. The predicted molar refractivity (Wildman–Crippen MR) is 131 cm³/mol. The molecule has 0 aliphatic carbocycles. The fourth-order valence-electron chi connectivity index (χ4n) is 4.12. The van der Waals surface area contributed by atoms with Crippen LogP contribution in [0.15, 0.2) is 54.9 Å². The second-order valence-corrected chi connectivity index (χ2v) is 8.58. The lowest BCUT2D eigenvalue weighted by atomic mass is 10.00. The Hall–Kier alpha value is -3.54. The van der Waals surface area contributed by atoms with Crippen molar-refractivity contribution in [3.8, 4) is 11.1 Å². The van der Waals surface area contributed by atoms with Crippen LogP contribution >= 0.6 is 0 Å². The third kappa shape index (κ3) is 6.24. The highest BCUT2D eigenvalue weighted by Crippen LogP contribution is 2.31. The SMILES string of the molecule is Cc1ccc(NC(=O)c2ccnc(C(F)(F)F)c2)cc1-c1ccnc(N2CCO[C@H](OCCO)[C@H]2C)c1. The Morgan fingerprint density at radius 3 is 2.73 bits per heavy atom. The molecule has 2 atom stereocenters. The number of benzene rings is 1. The Kier molecular flexibility index (Phi) is 8.06. The topological polar surface area (TPSA) is 96.8 Å². The molecular formula is C26H27F3N4O4. The van der Waals surface area contributed by atoms with Gasteiger partial charge in [0.15, 0.2) is 6.29 Å². The third-order valence-corrected chi connectivity index (χ3v) is 6.03. The van der Waals surface area contributed by atoms with E-state index in [9.17, 15) is 18.0 Å². The molecule has 0 unspecified atom stereocenters. The number of aryl methyl sites for hydroxylation is 1. The standard InChI is InChI=1S/C26H27F3N4O4/c1-16-3-4-20(32-24(35)19-6-7-30-22(13-19)26(27,28)29)15-21(16)18-5-8-31-23(14-18)33-9-11-36-25(17(33)2)37-12-10-34/h3-8,13-15,17,25,34H,9-12H2,1-2H3,(H,32,35)/t17-,25-/m1/s1. The van der Waals surface area contributed by atoms with Crippen molar-refractivity contribution in [2.45, 2.75) is 32.4 Å². The van der Waals surface area contributed by atoms with E-state index in [1.807, 2.05) is 32.0 Å². The second kappa shape index (κ2) is 11.2. The van der Waals surface area contributed by atoms with E-state index >= 15 is 0 Å². The summed E-state index contributed by atoms with van der Waals surface area (Å²) >= 11 is 0. The molecule has 8 nitrogen and oxygen atoms in total. The van der Waals surface area contributed by atoms with Gasteiger partial charge in [0.1, 0.15) is 11.5 Å². The van der Waals surface area contributed by atoms with Crippen molar-refractivity contribution < 1.29 is 32.5 Å². The van der Waals surface area contributed by atoms with Crippen molar-refractivity contribution in [1.29, 1.82) is 0 Å². The number of rotatable bonds is 7. The Bertz CT molecular complexity index is 1250. The van der Waals surface area contributed by atoms with Gasteiger partial charge in [-0.05, 0) is 66.9 Å². The van der Waals surface area contributed by atoms with Crippen LogP contribution in [-0.4, -0.2) is 59.7 Å². The van der Waals surface area contributed by atoms with Crippen molar-refractivity contribution in [2.75, 3.05) is 36.6 Å². The van der Waals surface area contributed by atoms with Gasteiger partial charge in [-0.2, -0.15) is 13.2 Å². The van der Waals surface area contributed by atoms with E-state index in [1.165, 1.54) is 6.07 Å². The average molecular weight is 517 g/mol. The molecule has 11 heteroatoms. The number of anilines is 2. The third-order valence-electron chi connectivity index (χ3n) is 6.03. The first-order valence-corrected chi connectivity index (χ1v) is 11.7. The lowest BCUT2D eigenvalue weighted by Crippen LogP contribution is -2.51. The van der Waals surface area contributed by atoms with Gasteiger partial charge in [0.2, 0.25) is 0 Å². The molecule has 1 amide bonds. The number of ether oxygens (including phenoxy) is 2. The summed E-state index contributed by atoms with van der Waals surface area (Å²) < 4.78 is 50.2. The van der Waals surface area contributed by atoms with E-state index in [0.717, 1.165) is 34.8 Å². The first-order valence-electron chi connectivity index (χ1n) is 11.7. The molecule has 2 N–H and O–H groups in total. The largest absolute Gasteiger partial charge is 0.433 e. The average Bonchev–Trinajstić information content (AvgIpc) is 2.89. The summed E-state index contributed by atoms with van der Waals surface area (Å²) in [5, 5.41) is 11.7. The van der Waals surface area contributed by atoms with Crippen LogP contribution in [-0.2, 0) is 15.7 Å². The van der Waals surface area contributed by atoms with Crippen LogP contribution in [0.3, 0.4) is 0 Å². The Labute approximate surface area is 212 Å². The number of aliphatic hydroxyl groups excluding tert-OH is 1. The number of alkyl halides is 3. The van der Waals surface area contributed by atoms with Crippen molar-refractivity contribution in [2.24, 2.45) is 0 Å². The predicted octanol–water partition coefficient (Wildman–Crippen LogP) is 4.28. The van der Waals surface area contributed by atoms with Gasteiger partial charge in [-0.15, -0.1) is 0 Å². The number of carbonyl (C=O) groups excluding carboxylic acids is 1. The fourth-order valence-corrected chi connectivity index (χ4v) is 4.12. The summed E-state index contributed by atoms with van der Waals surface area (Å²) in [6.07, 6.45) is -2.49. The van der Waals surface area contributed by atoms with E-state index in [-0.39, 0.29) is 24.8 Å². The lowest BCUT2D eigenvalue weighted by molar-refractivity contribution is -0.168. The molecule has 3 heterocycles. The first-order chi connectivity index (χ1) is 17.7. The highest BCUT2D eigenvalue weighted by molar-refractivity contribution is 6.04. The van der Waals surface area contributed by atoms with E-state index in [1.54, 1.807) is 18.3 Å². The van der Waals surface area contributed by atoms with Gasteiger partial charge < -0.3 is 24.8 Å². The van der Waals surface area contributed by atoms with Gasteiger partial charge in [0.25, 0.3) is 5.91 Å². The highest BCUT2D eigenvalue weighted by Gasteiger charge is 2.33. The molecule has 196 valence electrons. The van der Waals surface area contributed by atoms with Crippen molar-refractivity contribution in [3.63, 3.8) is 0 Å². The first kappa shape index (κ1) is 26.5. The number of hydrogen-bond donors (Lipinski definition) is 2. The molecule has 0 spiro atoms. The number of pyridine rings is 2. The van der Waals surface area contributed by atoms with E-state index in [4.69, 9.17) is 14.6 Å². The normalized spacial score (nSPS) is 18.1. The van der Waals surface area contributed by atoms with Crippen LogP contribution in [0.25, 0.3) is 11.1 Å². The van der Waals surface area contributed by atoms with E-state index in [0.29, 0.717) is 18.8 Å². The van der Waals surface area contributed by atoms with Gasteiger partial charge in [-0.25, -0.2) is 4.98 Å². The quantitative estimate of drug-likeness (QED) is 0.484. The van der Waals surface area contributed by atoms with Gasteiger partial charge in [0.05, 0.1) is 25.9 Å². The van der Waals surface area contributed by atoms with Crippen molar-refractivity contribution in [3.05, 3.63) is 71.7 Å². The summed E-state index contributed by atoms with van der Waals surface area (Å²) in [5.41, 5.74) is 1.80. The van der Waals surface area contributed by atoms with Crippen molar-refractivity contribution >= 4 is 17.4 Å². The van der Waals surface area contributed by atoms with Crippen LogP contribution in [0.1, 0.15) is 28.5 Å². The molecule has 0 radical (unpaired) electrons. The van der Waals surface area contributed by atoms with E-state index in [2.05, 4.69) is 20.2 Å². The minimum Gasteiger partial charge on any atom is -0.394 e. The highest BCUT2D eigenvalue weighted by atomic mass is 19.4. The van der Waals surface area contributed by atoms with Crippen LogP contribution in [0.5, 0.6) is 0 Å². The summed E-state index contributed by atoms with van der Waals surface area (Å²) in [7, 11) is 0. The maximum absolute atomic E-state index is 13.0. The van der Waals surface area contributed by atoms with Crippen LogP contribution < -0.4 is 10.2 Å². The number of carbonyl (C=O) groups is 1. The summed E-state index contributed by atoms with van der Waals surface area (Å²) in [6.45, 7) is 5.01. The minimum atomic E-state index is -4.64. The number of hydrogen-bond acceptors (Lipinski definition) is 7. The maximum Gasteiger partial charge on any atom is 0.433 e.